The van der Waals surface area contributed by atoms with Gasteiger partial charge in [0.2, 0.25) is 0 Å². The van der Waals surface area contributed by atoms with E-state index in [4.69, 9.17) is 15.6 Å². The predicted octanol–water partition coefficient (Wildman–Crippen LogP) is 1.84. The van der Waals surface area contributed by atoms with Crippen molar-refractivity contribution < 1.29 is 14.9 Å². The first kappa shape index (κ1) is 16.0. The van der Waals surface area contributed by atoms with E-state index in [0.717, 1.165) is 28.9 Å². The van der Waals surface area contributed by atoms with Gasteiger partial charge in [0, 0.05) is 12.6 Å². The van der Waals surface area contributed by atoms with Crippen molar-refractivity contribution in [2.24, 2.45) is 5.73 Å². The second-order valence-corrected chi connectivity index (χ2v) is 4.87. The molecule has 4 heteroatoms. The molecule has 108 valence electrons. The Bertz CT molecular complexity index is 407. The van der Waals surface area contributed by atoms with Crippen LogP contribution in [0.1, 0.15) is 42.6 Å². The summed E-state index contributed by atoms with van der Waals surface area (Å²) in [5.41, 5.74) is 8.69. The van der Waals surface area contributed by atoms with Gasteiger partial charge in [0.15, 0.2) is 0 Å². The Hall–Kier alpha value is -1.10. The Morgan fingerprint density at radius 3 is 2.53 bits per heavy atom. The van der Waals surface area contributed by atoms with E-state index in [9.17, 15) is 5.11 Å². The second kappa shape index (κ2) is 7.48. The van der Waals surface area contributed by atoms with Gasteiger partial charge in [0.25, 0.3) is 0 Å². The van der Waals surface area contributed by atoms with Crippen molar-refractivity contribution >= 4 is 0 Å². The van der Waals surface area contributed by atoms with E-state index in [1.165, 1.54) is 0 Å². The molecule has 0 spiro atoms. The molecule has 0 fully saturated rings. The van der Waals surface area contributed by atoms with Crippen LogP contribution in [0.2, 0.25) is 0 Å². The van der Waals surface area contributed by atoms with Gasteiger partial charge in [-0.2, -0.15) is 0 Å². The summed E-state index contributed by atoms with van der Waals surface area (Å²) >= 11 is 0. The van der Waals surface area contributed by atoms with Gasteiger partial charge in [0.1, 0.15) is 5.75 Å². The lowest BCUT2D eigenvalue weighted by molar-refractivity contribution is 0.128. The maximum atomic E-state index is 10.2. The highest BCUT2D eigenvalue weighted by molar-refractivity contribution is 5.44. The summed E-state index contributed by atoms with van der Waals surface area (Å²) in [4.78, 5) is 0. The molecule has 4 nitrogen and oxygen atoms in total. The Morgan fingerprint density at radius 1 is 1.26 bits per heavy atom. The summed E-state index contributed by atoms with van der Waals surface area (Å²) in [6.07, 6.45) is 0.587. The maximum absolute atomic E-state index is 10.2. The van der Waals surface area contributed by atoms with E-state index >= 15 is 0 Å². The summed E-state index contributed by atoms with van der Waals surface area (Å²) in [5, 5.41) is 19.1. The fraction of sp³-hybridized carbons (Fsp3) is 0.600. The molecule has 19 heavy (non-hydrogen) atoms. The molecule has 1 rings (SSSR count). The van der Waals surface area contributed by atoms with Gasteiger partial charge in [-0.1, -0.05) is 13.0 Å². The van der Waals surface area contributed by atoms with E-state index < -0.39 is 12.1 Å². The highest BCUT2D eigenvalue weighted by Crippen LogP contribution is 2.29. The van der Waals surface area contributed by atoms with Crippen molar-refractivity contribution in [3.8, 4) is 5.75 Å². The largest absolute Gasteiger partial charge is 0.493 e. The summed E-state index contributed by atoms with van der Waals surface area (Å²) in [6, 6.07) is 3.28. The third-order valence-electron chi connectivity index (χ3n) is 3.43. The van der Waals surface area contributed by atoms with Crippen molar-refractivity contribution in [1.82, 2.24) is 0 Å². The first-order chi connectivity index (χ1) is 9.02. The highest BCUT2D eigenvalue weighted by Gasteiger charge is 2.20. The minimum Gasteiger partial charge on any atom is -0.493 e. The molecule has 0 aromatic heterocycles. The van der Waals surface area contributed by atoms with Gasteiger partial charge in [-0.05, 0) is 49.4 Å². The summed E-state index contributed by atoms with van der Waals surface area (Å²) in [5.74, 6) is 0.853. The maximum Gasteiger partial charge on any atom is 0.122 e. The van der Waals surface area contributed by atoms with E-state index in [2.05, 4.69) is 6.92 Å². The number of hydrogen-bond acceptors (Lipinski definition) is 4. The molecule has 0 heterocycles. The molecule has 0 aliphatic carbocycles. The van der Waals surface area contributed by atoms with E-state index in [0.29, 0.717) is 13.0 Å². The van der Waals surface area contributed by atoms with Gasteiger partial charge in [-0.3, -0.25) is 0 Å². The Balaban J connectivity index is 2.95. The van der Waals surface area contributed by atoms with E-state index in [1.807, 2.05) is 26.0 Å². The number of hydrogen-bond donors (Lipinski definition) is 3. The fourth-order valence-electron chi connectivity index (χ4n) is 2.04. The topological polar surface area (TPSA) is 75.7 Å². The smallest absolute Gasteiger partial charge is 0.122 e. The third kappa shape index (κ3) is 3.93. The van der Waals surface area contributed by atoms with Crippen LogP contribution in [-0.4, -0.2) is 29.5 Å². The first-order valence-corrected chi connectivity index (χ1v) is 6.80. The molecule has 0 bridgehead atoms. The fourth-order valence-corrected chi connectivity index (χ4v) is 2.04. The van der Waals surface area contributed by atoms with Crippen LogP contribution < -0.4 is 10.5 Å². The molecule has 0 radical (unpaired) electrons. The zero-order valence-corrected chi connectivity index (χ0v) is 12.0. The Labute approximate surface area is 115 Å². The van der Waals surface area contributed by atoms with Crippen LogP contribution in [0, 0.1) is 13.8 Å². The molecule has 0 amide bonds. The van der Waals surface area contributed by atoms with Crippen LogP contribution in [-0.2, 0) is 0 Å². The zero-order chi connectivity index (χ0) is 14.4. The van der Waals surface area contributed by atoms with Crippen LogP contribution in [0.3, 0.4) is 0 Å². The predicted molar refractivity (Wildman–Crippen MR) is 76.3 cm³/mol. The van der Waals surface area contributed by atoms with Crippen LogP contribution in [0.15, 0.2) is 12.1 Å². The van der Waals surface area contributed by atoms with Gasteiger partial charge in [0.05, 0.1) is 12.7 Å². The Morgan fingerprint density at radius 2 is 1.95 bits per heavy atom. The normalized spacial score (nSPS) is 14.2. The van der Waals surface area contributed by atoms with E-state index in [-0.39, 0.29) is 6.61 Å². The second-order valence-electron chi connectivity index (χ2n) is 4.87. The van der Waals surface area contributed by atoms with Crippen molar-refractivity contribution in [3.63, 3.8) is 0 Å². The molecular weight excluding hydrogens is 242 g/mol. The van der Waals surface area contributed by atoms with Gasteiger partial charge >= 0.3 is 0 Å². The van der Waals surface area contributed by atoms with Crippen LogP contribution in [0.25, 0.3) is 0 Å². The third-order valence-corrected chi connectivity index (χ3v) is 3.43. The molecule has 0 saturated heterocycles. The summed E-state index contributed by atoms with van der Waals surface area (Å²) in [6.45, 7) is 6.67. The summed E-state index contributed by atoms with van der Waals surface area (Å²) in [7, 11) is 0. The lowest BCUT2D eigenvalue weighted by Gasteiger charge is -2.22. The van der Waals surface area contributed by atoms with Crippen molar-refractivity contribution in [3.05, 3.63) is 28.8 Å². The minimum absolute atomic E-state index is 0.0199. The summed E-state index contributed by atoms with van der Waals surface area (Å²) < 4.78 is 5.66. The molecule has 0 aliphatic heterocycles. The van der Waals surface area contributed by atoms with Crippen molar-refractivity contribution in [1.29, 1.82) is 0 Å². The first-order valence-electron chi connectivity index (χ1n) is 6.80. The average molecular weight is 267 g/mol. The number of aliphatic hydroxyl groups is 2. The number of rotatable bonds is 7. The molecule has 2 atom stereocenters. The van der Waals surface area contributed by atoms with Crippen LogP contribution in [0.4, 0.5) is 0 Å². The number of aliphatic hydroxyl groups excluding tert-OH is 2. The monoisotopic (exact) mass is 267 g/mol. The highest BCUT2D eigenvalue weighted by atomic mass is 16.5. The SMILES string of the molecule is CCCOc1ccc(C(O)C(N)CCO)c(C)c1C. The average Bonchev–Trinajstić information content (AvgIpc) is 2.40. The molecule has 1 aromatic rings. The van der Waals surface area contributed by atoms with Crippen LogP contribution >= 0.6 is 0 Å². The van der Waals surface area contributed by atoms with Crippen molar-refractivity contribution in [2.45, 2.75) is 45.8 Å². The number of benzene rings is 1. The Kier molecular flexibility index (Phi) is 6.28. The van der Waals surface area contributed by atoms with Gasteiger partial charge < -0.3 is 20.7 Å². The van der Waals surface area contributed by atoms with Crippen molar-refractivity contribution in [2.75, 3.05) is 13.2 Å². The molecule has 4 N–H and O–H groups in total. The van der Waals surface area contributed by atoms with Gasteiger partial charge in [-0.25, -0.2) is 0 Å². The molecule has 1 aromatic carbocycles. The molecule has 2 unspecified atom stereocenters. The molecule has 0 aliphatic rings. The van der Waals surface area contributed by atoms with Crippen LogP contribution in [0.5, 0.6) is 5.75 Å². The number of nitrogens with two attached hydrogens (primary N) is 1. The quantitative estimate of drug-likeness (QED) is 0.704. The minimum atomic E-state index is -0.758. The van der Waals surface area contributed by atoms with E-state index in [1.54, 1.807) is 0 Å². The number of ether oxygens (including phenoxy) is 1. The lowest BCUT2D eigenvalue weighted by atomic mass is 9.93. The zero-order valence-electron chi connectivity index (χ0n) is 12.0. The van der Waals surface area contributed by atoms with Gasteiger partial charge in [-0.15, -0.1) is 0 Å². The molecular formula is C15H25NO3. The lowest BCUT2D eigenvalue weighted by Crippen LogP contribution is -2.30. The standard InChI is InChI=1S/C15H25NO3/c1-4-9-19-14-6-5-12(10(2)11(14)3)15(18)13(16)7-8-17/h5-6,13,15,17-18H,4,7-9,16H2,1-3H3. The molecule has 0 saturated carbocycles.